The molecule has 0 aliphatic rings. The fraction of sp³-hybridized carbons (Fsp3) is 0.143. The Hall–Kier alpha value is 1.01. The molecule has 0 radical (unpaired) electrons. The Balaban J connectivity index is 0. The van der Waals surface area contributed by atoms with Crippen molar-refractivity contribution in [2.24, 2.45) is 0 Å². The van der Waals surface area contributed by atoms with Gasteiger partial charge in [-0.2, -0.15) is 0 Å². The molecule has 0 N–H and O–H groups in total. The second kappa shape index (κ2) is 5.63. The second-order valence-electron chi connectivity index (χ2n) is 1.67. The molecule has 0 bridgehead atoms. The number of methoxy groups -OCH3 is 1. The van der Waals surface area contributed by atoms with E-state index < -0.39 is 0 Å². The molecule has 0 aliphatic carbocycles. The number of rotatable bonds is 1. The van der Waals surface area contributed by atoms with Crippen LogP contribution in [0.15, 0.2) is 29.2 Å². The number of benzene rings is 1. The first-order valence-electron chi connectivity index (χ1n) is 2.66. The molecule has 3 heteroatoms. The molecule has 0 saturated heterocycles. The van der Waals surface area contributed by atoms with E-state index in [1.54, 1.807) is 7.11 Å². The first kappa shape index (κ1) is 11.0. The van der Waals surface area contributed by atoms with E-state index in [1.165, 1.54) is 0 Å². The Morgan fingerprint density at radius 3 is 2.40 bits per heavy atom. The van der Waals surface area contributed by atoms with Crippen LogP contribution in [-0.2, 0) is 0 Å². The molecule has 1 aromatic rings. The number of hydrogen-bond donors (Lipinski definition) is 1. The average Bonchev–Trinajstić information content (AvgIpc) is 1.89. The molecule has 0 saturated carbocycles. The zero-order chi connectivity index (χ0) is 6.69. The first-order valence-corrected chi connectivity index (χ1v) is 3.11. The van der Waals surface area contributed by atoms with Crippen molar-refractivity contribution in [3.63, 3.8) is 0 Å². The van der Waals surface area contributed by atoms with Gasteiger partial charge in [-0.1, -0.05) is 12.1 Å². The topological polar surface area (TPSA) is 9.23 Å². The van der Waals surface area contributed by atoms with Crippen molar-refractivity contribution in [3.8, 4) is 5.75 Å². The molecule has 1 rings (SSSR count). The Kier molecular flexibility index (Phi) is 6.20. The third kappa shape index (κ3) is 2.94. The van der Waals surface area contributed by atoms with Crippen LogP contribution in [0.5, 0.6) is 5.75 Å². The Bertz CT molecular complexity index is 207. The summed E-state index contributed by atoms with van der Waals surface area (Å²) in [6, 6.07) is 7.60. The van der Waals surface area contributed by atoms with E-state index in [9.17, 15) is 0 Å². The standard InChI is InChI=1S/C7H8OS.K.H/c1-8-6-4-2-3-5-7(6)9;;/h2-5,9H,1H3;;/q;+1;-1. The number of hydrogen-bond acceptors (Lipinski definition) is 2. The fourth-order valence-electron chi connectivity index (χ4n) is 0.630. The van der Waals surface area contributed by atoms with Crippen molar-refractivity contribution >= 4 is 12.6 Å². The Labute approximate surface area is 110 Å². The summed E-state index contributed by atoms with van der Waals surface area (Å²) < 4.78 is 4.97. The van der Waals surface area contributed by atoms with E-state index >= 15 is 0 Å². The third-order valence-electron chi connectivity index (χ3n) is 1.09. The maximum atomic E-state index is 4.97. The van der Waals surface area contributed by atoms with Crippen LogP contribution in [0.4, 0.5) is 0 Å². The van der Waals surface area contributed by atoms with E-state index in [4.69, 9.17) is 4.74 Å². The molecule has 0 heterocycles. The number of ether oxygens (including phenoxy) is 1. The van der Waals surface area contributed by atoms with Crippen LogP contribution in [0.2, 0.25) is 0 Å². The first-order chi connectivity index (χ1) is 4.34. The van der Waals surface area contributed by atoms with Gasteiger partial charge in [-0.3, -0.25) is 0 Å². The minimum Gasteiger partial charge on any atom is -1.00 e. The molecule has 0 amide bonds. The van der Waals surface area contributed by atoms with Crippen molar-refractivity contribution < 1.29 is 57.5 Å². The van der Waals surface area contributed by atoms with E-state index in [-0.39, 0.29) is 52.8 Å². The summed E-state index contributed by atoms with van der Waals surface area (Å²) in [5, 5.41) is 0. The average molecular weight is 180 g/mol. The normalized spacial score (nSPS) is 8.20. The summed E-state index contributed by atoms with van der Waals surface area (Å²) in [5.41, 5.74) is 0. The van der Waals surface area contributed by atoms with Crippen molar-refractivity contribution in [3.05, 3.63) is 24.3 Å². The van der Waals surface area contributed by atoms with Crippen LogP contribution in [0.25, 0.3) is 0 Å². The number of para-hydroxylation sites is 1. The second-order valence-corrected chi connectivity index (χ2v) is 2.15. The molecule has 0 aliphatic heterocycles. The van der Waals surface area contributed by atoms with Gasteiger partial charge >= 0.3 is 51.4 Å². The molecule has 10 heavy (non-hydrogen) atoms. The van der Waals surface area contributed by atoms with Crippen molar-refractivity contribution in [2.45, 2.75) is 4.90 Å². The molecular weight excluding hydrogens is 171 g/mol. The van der Waals surface area contributed by atoms with Crippen molar-refractivity contribution in [1.82, 2.24) is 0 Å². The van der Waals surface area contributed by atoms with Crippen LogP contribution in [0, 0.1) is 0 Å². The number of thiol groups is 1. The van der Waals surface area contributed by atoms with Crippen LogP contribution in [0.3, 0.4) is 0 Å². The van der Waals surface area contributed by atoms with Crippen LogP contribution in [-0.4, -0.2) is 7.11 Å². The smallest absolute Gasteiger partial charge is 1.00 e. The summed E-state index contributed by atoms with van der Waals surface area (Å²) in [6.45, 7) is 0. The van der Waals surface area contributed by atoms with Crippen LogP contribution < -0.4 is 56.1 Å². The maximum absolute atomic E-state index is 4.97. The van der Waals surface area contributed by atoms with E-state index in [2.05, 4.69) is 12.6 Å². The summed E-state index contributed by atoms with van der Waals surface area (Å²) in [5.74, 6) is 0.820. The third-order valence-corrected chi connectivity index (χ3v) is 1.45. The Morgan fingerprint density at radius 2 is 2.00 bits per heavy atom. The minimum atomic E-state index is 0. The Morgan fingerprint density at radius 1 is 1.40 bits per heavy atom. The maximum Gasteiger partial charge on any atom is 1.00 e. The van der Waals surface area contributed by atoms with Gasteiger partial charge in [0.1, 0.15) is 5.75 Å². The van der Waals surface area contributed by atoms with Crippen molar-refractivity contribution in [1.29, 1.82) is 0 Å². The molecule has 0 atom stereocenters. The summed E-state index contributed by atoms with van der Waals surface area (Å²) in [7, 11) is 1.63. The van der Waals surface area contributed by atoms with Gasteiger partial charge in [-0.25, -0.2) is 0 Å². The monoisotopic (exact) mass is 180 g/mol. The zero-order valence-corrected chi connectivity index (χ0v) is 10.2. The molecule has 0 unspecified atom stereocenters. The minimum absolute atomic E-state index is 0. The molecule has 0 aromatic heterocycles. The van der Waals surface area contributed by atoms with Crippen LogP contribution in [0.1, 0.15) is 1.43 Å². The molecule has 0 fully saturated rings. The fourth-order valence-corrected chi connectivity index (χ4v) is 0.882. The van der Waals surface area contributed by atoms with E-state index in [0.29, 0.717) is 0 Å². The largest absolute Gasteiger partial charge is 1.00 e. The summed E-state index contributed by atoms with van der Waals surface area (Å²) >= 11 is 4.15. The molecule has 0 spiro atoms. The van der Waals surface area contributed by atoms with Crippen molar-refractivity contribution in [2.75, 3.05) is 7.11 Å². The van der Waals surface area contributed by atoms with Gasteiger partial charge in [0.05, 0.1) is 7.11 Å². The van der Waals surface area contributed by atoms with Gasteiger partial charge in [0.2, 0.25) is 0 Å². The molecule has 50 valence electrons. The zero-order valence-electron chi connectivity index (χ0n) is 7.16. The van der Waals surface area contributed by atoms with E-state index in [1.807, 2.05) is 24.3 Å². The summed E-state index contributed by atoms with van der Waals surface area (Å²) in [6.07, 6.45) is 0. The predicted octanol–water partition coefficient (Wildman–Crippen LogP) is -0.900. The quantitative estimate of drug-likeness (QED) is 0.435. The molecule has 1 aromatic carbocycles. The van der Waals surface area contributed by atoms with Gasteiger partial charge in [-0.15, -0.1) is 12.6 Å². The van der Waals surface area contributed by atoms with Gasteiger partial charge in [0.25, 0.3) is 0 Å². The van der Waals surface area contributed by atoms with Gasteiger partial charge in [-0.05, 0) is 12.1 Å². The van der Waals surface area contributed by atoms with Gasteiger partial charge < -0.3 is 6.16 Å². The van der Waals surface area contributed by atoms with Gasteiger partial charge in [0.15, 0.2) is 0 Å². The molecular formula is C7H9KOS. The van der Waals surface area contributed by atoms with E-state index in [0.717, 1.165) is 10.6 Å². The summed E-state index contributed by atoms with van der Waals surface area (Å²) in [4.78, 5) is 0.875. The predicted molar refractivity (Wildman–Crippen MR) is 41.4 cm³/mol. The van der Waals surface area contributed by atoms with Crippen LogP contribution >= 0.6 is 12.6 Å². The molecule has 1 nitrogen and oxygen atoms in total. The van der Waals surface area contributed by atoms with Gasteiger partial charge in [0, 0.05) is 4.90 Å². The SMILES string of the molecule is COc1ccccc1S.[H-].[K+].